The van der Waals surface area contributed by atoms with E-state index in [0.29, 0.717) is 30.0 Å². The van der Waals surface area contributed by atoms with Crippen molar-refractivity contribution >= 4 is 68.8 Å². The highest BCUT2D eigenvalue weighted by Crippen LogP contribution is 2.18. The summed E-state index contributed by atoms with van der Waals surface area (Å²) >= 11 is 0. The van der Waals surface area contributed by atoms with Crippen LogP contribution >= 0.6 is 21.6 Å². The Morgan fingerprint density at radius 2 is 1.25 bits per heavy atom. The second-order valence-electron chi connectivity index (χ2n) is 13.1. The van der Waals surface area contributed by atoms with Gasteiger partial charge in [0.1, 0.15) is 29.9 Å². The van der Waals surface area contributed by atoms with Crippen molar-refractivity contribution in [1.29, 1.82) is 0 Å². The van der Waals surface area contributed by atoms with Crippen LogP contribution in [0.2, 0.25) is 0 Å². The molecule has 1 aliphatic heterocycles. The molecule has 0 aliphatic carbocycles. The predicted molar refractivity (Wildman–Crippen MR) is 211 cm³/mol. The average Bonchev–Trinajstić information content (AvgIpc) is 3.71. The molecule has 17 nitrogen and oxygen atoms in total. The summed E-state index contributed by atoms with van der Waals surface area (Å²) in [7, 11) is 2.97. The van der Waals surface area contributed by atoms with Crippen LogP contribution in [0.25, 0.3) is 0 Å². The second kappa shape index (κ2) is 23.6. The molecule has 0 saturated carbocycles. The molecule has 0 spiro atoms. The molecule has 4 atom stereocenters. The van der Waals surface area contributed by atoms with E-state index in [-0.39, 0.29) is 50.3 Å². The molecule has 0 bridgehead atoms. The monoisotopic (exact) mass is 814 g/mol. The van der Waals surface area contributed by atoms with Crippen LogP contribution in [-0.4, -0.2) is 113 Å². The van der Waals surface area contributed by atoms with E-state index in [1.165, 1.54) is 33.7 Å². The summed E-state index contributed by atoms with van der Waals surface area (Å²) in [4.78, 5) is 105. The first-order chi connectivity index (χ1) is 26.7. The summed E-state index contributed by atoms with van der Waals surface area (Å²) < 4.78 is 0. The summed E-state index contributed by atoms with van der Waals surface area (Å²) in [5.41, 5.74) is 12.0. The fraction of sp³-hybridized carbons (Fsp3) is 0.459. The molecular formula is C37H50N8O9S2. The lowest BCUT2D eigenvalue weighted by Gasteiger charge is -2.26. The molecule has 1 heterocycles. The minimum Gasteiger partial charge on any atom is -0.508 e. The first kappa shape index (κ1) is 45.1. The van der Waals surface area contributed by atoms with Crippen LogP contribution < -0.4 is 38.1 Å². The van der Waals surface area contributed by atoms with Crippen molar-refractivity contribution in [3.63, 3.8) is 0 Å². The van der Waals surface area contributed by atoms with E-state index in [9.17, 15) is 43.5 Å². The number of carbonyl (C=O) groups is 8. The van der Waals surface area contributed by atoms with Gasteiger partial charge >= 0.3 is 0 Å². The largest absolute Gasteiger partial charge is 0.508 e. The Kier molecular flexibility index (Phi) is 19.0. The quantitative estimate of drug-likeness (QED) is 0.0518. The Hall–Kier alpha value is -5.30. The zero-order valence-electron chi connectivity index (χ0n) is 31.1. The van der Waals surface area contributed by atoms with E-state index < -0.39 is 71.9 Å². The van der Waals surface area contributed by atoms with Gasteiger partial charge in [0.15, 0.2) is 0 Å². The van der Waals surface area contributed by atoms with Crippen LogP contribution in [0.1, 0.15) is 49.7 Å². The number of nitrogens with one attached hydrogen (secondary N) is 5. The van der Waals surface area contributed by atoms with Crippen molar-refractivity contribution in [2.24, 2.45) is 11.5 Å². The van der Waals surface area contributed by atoms with E-state index in [0.717, 1.165) is 12.8 Å². The highest BCUT2D eigenvalue weighted by atomic mass is 33.1. The average molecular weight is 815 g/mol. The lowest BCUT2D eigenvalue weighted by atomic mass is 10.0. The van der Waals surface area contributed by atoms with E-state index in [2.05, 4.69) is 26.6 Å². The number of primary amides is 2. The lowest BCUT2D eigenvalue weighted by molar-refractivity contribution is -0.136. The van der Waals surface area contributed by atoms with Gasteiger partial charge in [-0.15, -0.1) is 0 Å². The number of amides is 8. The van der Waals surface area contributed by atoms with E-state index in [4.69, 9.17) is 11.5 Å². The number of phenols is 1. The lowest BCUT2D eigenvalue weighted by Crippen LogP contribution is -2.59. The third-order valence-corrected chi connectivity index (χ3v) is 10.5. The molecular weight excluding hydrogens is 765 g/mol. The molecule has 0 aromatic heterocycles. The molecule has 1 saturated heterocycles. The Morgan fingerprint density at radius 3 is 1.84 bits per heavy atom. The topological polar surface area (TPSA) is 272 Å². The van der Waals surface area contributed by atoms with Crippen LogP contribution in [0.3, 0.4) is 0 Å². The maximum absolute atomic E-state index is 14.0. The molecule has 56 heavy (non-hydrogen) atoms. The number of likely N-dealkylation sites (tertiary alicyclic amines) is 1. The van der Waals surface area contributed by atoms with E-state index in [1.807, 2.05) is 6.26 Å². The molecule has 1 fully saturated rings. The van der Waals surface area contributed by atoms with Crippen LogP contribution in [0, 0.1) is 0 Å². The van der Waals surface area contributed by atoms with Crippen LogP contribution in [-0.2, 0) is 51.2 Å². The van der Waals surface area contributed by atoms with E-state index >= 15 is 0 Å². The predicted octanol–water partition coefficient (Wildman–Crippen LogP) is -0.603. The van der Waals surface area contributed by atoms with Gasteiger partial charge in [-0.1, -0.05) is 64.1 Å². The normalized spacial score (nSPS) is 14.3. The second-order valence-corrected chi connectivity index (χ2v) is 15.8. The SMILES string of the molecule is CSSCCC(=O)N[C@@H](Cc1ccc(O)cc1)C(=O)N[C@@H](Cc1ccccc1)C(=O)N[C@@H](CCC(N)=O)C(=O)N[C@@H](CC(N)=O)C(=O)NCC(=O)N1CCCC1. The number of benzene rings is 2. The van der Waals surface area contributed by atoms with E-state index in [1.54, 1.807) is 47.4 Å². The Balaban J connectivity index is 1.84. The first-order valence-electron chi connectivity index (χ1n) is 18.1. The van der Waals surface area contributed by atoms with Gasteiger partial charge in [0.05, 0.1) is 13.0 Å². The summed E-state index contributed by atoms with van der Waals surface area (Å²) in [5, 5.41) is 22.6. The number of rotatable bonds is 23. The standard InChI is InChI=1S/C37H50N8O9S2/c1-55-56-18-15-32(49)41-27(20-24-9-11-25(46)12-10-24)36(53)43-28(19-23-7-3-2-4-8-23)37(54)42-26(13-14-30(38)47)35(52)44-29(21-31(39)48)34(51)40-22-33(50)45-16-5-6-17-45/h2-4,7-12,26-29,46H,5-6,13-22H2,1H3,(H2,38,47)(H2,39,48)(H,40,51)(H,41,49)(H,42,54)(H,43,53)(H,44,52)/t26-,27-,28-,29-/m0/s1. The third-order valence-electron chi connectivity index (χ3n) is 8.70. The highest BCUT2D eigenvalue weighted by molar-refractivity contribution is 8.76. The van der Waals surface area contributed by atoms with Gasteiger partial charge in [-0.2, -0.15) is 0 Å². The van der Waals surface area contributed by atoms with Gasteiger partial charge in [-0.05, 0) is 48.8 Å². The zero-order chi connectivity index (χ0) is 41.0. The Labute approximate surface area is 333 Å². The fourth-order valence-corrected chi connectivity index (χ4v) is 6.95. The number of nitrogens with two attached hydrogens (primary N) is 2. The van der Waals surface area contributed by atoms with Crippen LogP contribution in [0.4, 0.5) is 0 Å². The molecule has 3 rings (SSSR count). The molecule has 0 radical (unpaired) electrons. The molecule has 8 amide bonds. The summed E-state index contributed by atoms with van der Waals surface area (Å²) in [5.74, 6) is -5.33. The van der Waals surface area contributed by atoms with Crippen molar-refractivity contribution in [2.45, 2.75) is 75.5 Å². The van der Waals surface area contributed by atoms with Gasteiger partial charge in [0.2, 0.25) is 47.3 Å². The molecule has 2 aromatic carbocycles. The minimum absolute atomic E-state index is 0.0107. The van der Waals surface area contributed by atoms with Crippen molar-refractivity contribution in [1.82, 2.24) is 31.5 Å². The third kappa shape index (κ3) is 16.2. The van der Waals surface area contributed by atoms with Crippen molar-refractivity contribution in [3.8, 4) is 5.75 Å². The molecule has 1 aliphatic rings. The molecule has 2 aromatic rings. The van der Waals surface area contributed by atoms with Crippen LogP contribution in [0.15, 0.2) is 54.6 Å². The van der Waals surface area contributed by atoms with Crippen molar-refractivity contribution in [2.75, 3.05) is 31.6 Å². The number of nitrogens with zero attached hydrogens (tertiary/aromatic N) is 1. The van der Waals surface area contributed by atoms with Gasteiger partial charge in [0, 0.05) is 44.5 Å². The summed E-state index contributed by atoms with van der Waals surface area (Å²) in [6.07, 6.45) is 2.33. The fourth-order valence-electron chi connectivity index (χ4n) is 5.77. The maximum atomic E-state index is 14.0. The van der Waals surface area contributed by atoms with Crippen LogP contribution in [0.5, 0.6) is 5.75 Å². The van der Waals surface area contributed by atoms with Gasteiger partial charge in [0.25, 0.3) is 0 Å². The molecule has 304 valence electrons. The number of phenolic OH excluding ortho intramolecular Hbond substituents is 1. The van der Waals surface area contributed by atoms with Crippen molar-refractivity contribution in [3.05, 3.63) is 65.7 Å². The number of hydrogen-bond donors (Lipinski definition) is 8. The van der Waals surface area contributed by atoms with Gasteiger partial charge < -0.3 is 48.1 Å². The Morgan fingerprint density at radius 1 is 0.696 bits per heavy atom. The highest BCUT2D eigenvalue weighted by Gasteiger charge is 2.33. The Bertz CT molecular complexity index is 1680. The van der Waals surface area contributed by atoms with Gasteiger partial charge in [-0.25, -0.2) is 0 Å². The number of carbonyl (C=O) groups excluding carboxylic acids is 8. The minimum atomic E-state index is -1.53. The zero-order valence-corrected chi connectivity index (χ0v) is 32.8. The molecule has 19 heteroatoms. The summed E-state index contributed by atoms with van der Waals surface area (Å²) in [6.45, 7) is 0.723. The molecule has 0 unspecified atom stereocenters. The number of hydrogen-bond acceptors (Lipinski definition) is 11. The summed E-state index contributed by atoms with van der Waals surface area (Å²) in [6, 6.07) is 9.28. The first-order valence-corrected chi connectivity index (χ1v) is 20.8. The smallest absolute Gasteiger partial charge is 0.243 e. The molecule has 10 N–H and O–H groups in total. The maximum Gasteiger partial charge on any atom is 0.243 e. The number of aromatic hydroxyl groups is 1. The van der Waals surface area contributed by atoms with Gasteiger partial charge in [-0.3, -0.25) is 38.4 Å². The van der Waals surface area contributed by atoms with Crippen molar-refractivity contribution < 1.29 is 43.5 Å².